The first-order chi connectivity index (χ1) is 19.5. The van der Waals surface area contributed by atoms with Crippen LogP contribution >= 0.6 is 11.6 Å². The molecule has 3 aromatic rings. The number of hydrogen-bond donors (Lipinski definition) is 2. The minimum Gasteiger partial charge on any atom is -0.507 e. The molecule has 0 radical (unpaired) electrons. The average molecular weight is 574 g/mol. The number of anilines is 2. The molecule has 1 spiro atoms. The number of nitrogens with two attached hydrogens (primary N) is 1. The standard InChI is InChI=1S/C32H33ClFN5O2/c1-30-14-21-15-39(16-27-31(35,17-30)32(21,27)30)28-11-20(6-7-36-28)24-13-22(34)12-23(29(24)41)19-4-5-26(25(33)10-19)38(18-40)9-8-37(2)3/h4-13,18,21,27,41H,14-17,35H2,1-3H3/b9-8-. The molecule has 1 aliphatic heterocycles. The number of phenols is 1. The third-order valence-electron chi connectivity index (χ3n) is 10.4. The number of nitrogens with zero attached hydrogens (tertiary/aromatic N) is 4. The predicted octanol–water partition coefficient (Wildman–Crippen LogP) is 5.47. The van der Waals surface area contributed by atoms with Gasteiger partial charge in [-0.25, -0.2) is 9.37 Å². The number of phenolic OH excluding ortho intramolecular Hbond substituents is 1. The molecule has 4 aliphatic rings. The topological polar surface area (TPSA) is 85.9 Å². The fourth-order valence-electron chi connectivity index (χ4n) is 8.90. The molecule has 7 rings (SSSR count). The number of pyridine rings is 1. The maximum atomic E-state index is 15.0. The van der Waals surface area contributed by atoms with Crippen molar-refractivity contribution < 1.29 is 14.3 Å². The van der Waals surface area contributed by atoms with Gasteiger partial charge in [-0.3, -0.25) is 9.69 Å². The van der Waals surface area contributed by atoms with E-state index in [-0.39, 0.29) is 16.3 Å². The summed E-state index contributed by atoms with van der Waals surface area (Å²) in [5.41, 5.74) is 9.90. The van der Waals surface area contributed by atoms with Crippen LogP contribution in [0.4, 0.5) is 15.9 Å². The van der Waals surface area contributed by atoms with E-state index in [1.54, 1.807) is 47.8 Å². The number of piperidine rings is 1. The third kappa shape index (κ3) is 3.47. The quantitative estimate of drug-likeness (QED) is 0.364. The van der Waals surface area contributed by atoms with Crippen molar-refractivity contribution in [3.8, 4) is 28.0 Å². The van der Waals surface area contributed by atoms with Crippen molar-refractivity contribution in [1.29, 1.82) is 0 Å². The molecule has 3 N–H and O–H groups in total. The van der Waals surface area contributed by atoms with Crippen LogP contribution in [0, 0.1) is 28.5 Å². The van der Waals surface area contributed by atoms with E-state index >= 15 is 4.39 Å². The first-order valence-electron chi connectivity index (χ1n) is 13.9. The summed E-state index contributed by atoms with van der Waals surface area (Å²) in [5, 5.41) is 11.7. The lowest BCUT2D eigenvalue weighted by Gasteiger charge is -2.66. The Hall–Kier alpha value is -3.62. The molecule has 5 atom stereocenters. The van der Waals surface area contributed by atoms with Gasteiger partial charge in [0.15, 0.2) is 0 Å². The fourth-order valence-corrected chi connectivity index (χ4v) is 9.18. The average Bonchev–Trinajstić information content (AvgIpc) is 3.45. The molecule has 1 saturated heterocycles. The van der Waals surface area contributed by atoms with Gasteiger partial charge in [-0.05, 0) is 71.7 Å². The van der Waals surface area contributed by atoms with E-state index in [2.05, 4.69) is 16.8 Å². The minimum absolute atomic E-state index is 0.0189. The zero-order chi connectivity index (χ0) is 28.9. The summed E-state index contributed by atoms with van der Waals surface area (Å²) in [7, 11) is 3.69. The third-order valence-corrected chi connectivity index (χ3v) is 10.7. The molecule has 7 nitrogen and oxygen atoms in total. The highest BCUT2D eigenvalue weighted by molar-refractivity contribution is 6.34. The lowest BCUT2D eigenvalue weighted by molar-refractivity contribution is -0.151. The Morgan fingerprint density at radius 2 is 1.85 bits per heavy atom. The van der Waals surface area contributed by atoms with Gasteiger partial charge in [0.2, 0.25) is 6.41 Å². The van der Waals surface area contributed by atoms with Gasteiger partial charge < -0.3 is 20.6 Å². The smallest absolute Gasteiger partial charge is 0.218 e. The summed E-state index contributed by atoms with van der Waals surface area (Å²) in [6.07, 6.45) is 8.02. The Labute approximate surface area is 244 Å². The summed E-state index contributed by atoms with van der Waals surface area (Å²) < 4.78 is 15.0. The fraction of sp³-hybridized carbons (Fsp3) is 0.375. The normalized spacial score (nSPS) is 30.6. The lowest BCUT2D eigenvalue weighted by Crippen LogP contribution is -2.68. The SMILES string of the molecule is CN(C)/C=C\N(C=O)c1ccc(-c2cc(F)cc(-c3ccnc(N4CC5CC6(C)CC7(N)C(C4)C567)c3)c2O)cc1Cl. The zero-order valence-corrected chi connectivity index (χ0v) is 24.1. The molecule has 2 aromatic carbocycles. The second-order valence-corrected chi connectivity index (χ2v) is 13.1. The van der Waals surface area contributed by atoms with E-state index in [1.165, 1.54) is 23.5 Å². The van der Waals surface area contributed by atoms with Crippen LogP contribution < -0.4 is 15.5 Å². The van der Waals surface area contributed by atoms with Gasteiger partial charge in [0.25, 0.3) is 0 Å². The Morgan fingerprint density at radius 1 is 1.12 bits per heavy atom. The Balaban J connectivity index is 1.19. The van der Waals surface area contributed by atoms with Crippen LogP contribution in [0.5, 0.6) is 5.75 Å². The highest BCUT2D eigenvalue weighted by Gasteiger charge is 2.96. The first kappa shape index (κ1) is 26.3. The summed E-state index contributed by atoms with van der Waals surface area (Å²) in [4.78, 5) is 21.8. The van der Waals surface area contributed by atoms with Crippen molar-refractivity contribution in [3.05, 3.63) is 71.9 Å². The Bertz CT molecular complexity index is 1630. The molecule has 3 saturated carbocycles. The zero-order valence-electron chi connectivity index (χ0n) is 23.3. The molecule has 41 heavy (non-hydrogen) atoms. The van der Waals surface area contributed by atoms with E-state index in [9.17, 15) is 9.90 Å². The number of benzene rings is 2. The maximum absolute atomic E-state index is 15.0. The number of aromatic hydroxyl groups is 1. The Kier molecular flexibility index (Phi) is 5.57. The van der Waals surface area contributed by atoms with Gasteiger partial charge >= 0.3 is 0 Å². The van der Waals surface area contributed by atoms with Crippen LogP contribution in [0.1, 0.15) is 19.8 Å². The van der Waals surface area contributed by atoms with Crippen molar-refractivity contribution in [3.63, 3.8) is 0 Å². The van der Waals surface area contributed by atoms with E-state index in [0.29, 0.717) is 57.0 Å². The van der Waals surface area contributed by atoms with Crippen molar-refractivity contribution in [2.24, 2.45) is 28.4 Å². The number of halogens is 2. The molecule has 9 heteroatoms. The van der Waals surface area contributed by atoms with Crippen LogP contribution in [0.15, 0.2) is 61.1 Å². The molecule has 2 heterocycles. The van der Waals surface area contributed by atoms with Gasteiger partial charge in [-0.1, -0.05) is 24.6 Å². The van der Waals surface area contributed by atoms with E-state index in [0.717, 1.165) is 25.3 Å². The number of hydrogen-bond acceptors (Lipinski definition) is 6. The van der Waals surface area contributed by atoms with Crippen molar-refractivity contribution >= 4 is 29.5 Å². The van der Waals surface area contributed by atoms with E-state index < -0.39 is 5.82 Å². The molecule has 5 unspecified atom stereocenters. The molecular formula is C32H33ClFN5O2. The number of carbonyl (C=O) groups excluding carboxylic acids is 1. The van der Waals surface area contributed by atoms with Gasteiger partial charge in [0.1, 0.15) is 17.4 Å². The van der Waals surface area contributed by atoms with E-state index in [1.807, 2.05) is 20.2 Å². The summed E-state index contributed by atoms with van der Waals surface area (Å²) >= 11 is 6.55. The highest BCUT2D eigenvalue weighted by Crippen LogP contribution is 2.93. The summed E-state index contributed by atoms with van der Waals surface area (Å²) in [6, 6.07) is 11.3. The number of rotatable bonds is 7. The van der Waals surface area contributed by atoms with Crippen molar-refractivity contribution in [2.75, 3.05) is 37.0 Å². The molecule has 3 aliphatic carbocycles. The monoisotopic (exact) mass is 573 g/mol. The van der Waals surface area contributed by atoms with Gasteiger partial charge in [0.05, 0.1) is 10.7 Å². The van der Waals surface area contributed by atoms with Gasteiger partial charge in [0, 0.05) is 73.8 Å². The minimum atomic E-state index is -0.483. The highest BCUT2D eigenvalue weighted by atomic mass is 35.5. The predicted molar refractivity (Wildman–Crippen MR) is 159 cm³/mol. The second-order valence-electron chi connectivity index (χ2n) is 12.7. The molecule has 212 valence electrons. The van der Waals surface area contributed by atoms with Crippen LogP contribution in [-0.4, -0.2) is 54.1 Å². The number of amides is 1. The van der Waals surface area contributed by atoms with Crippen LogP contribution in [0.3, 0.4) is 0 Å². The number of carbonyl (C=O) groups is 1. The van der Waals surface area contributed by atoms with E-state index in [4.69, 9.17) is 17.3 Å². The largest absolute Gasteiger partial charge is 0.507 e. The summed E-state index contributed by atoms with van der Waals surface area (Å²) in [6.45, 7) is 4.20. The molecule has 1 aromatic heterocycles. The molecule has 0 bridgehead atoms. The molecule has 1 amide bonds. The van der Waals surface area contributed by atoms with Crippen LogP contribution in [0.2, 0.25) is 5.02 Å². The maximum Gasteiger partial charge on any atom is 0.218 e. The second kappa shape index (κ2) is 8.69. The number of fused-ring (bicyclic) bond motifs is 1. The molecule has 4 fully saturated rings. The van der Waals surface area contributed by atoms with Crippen LogP contribution in [0.25, 0.3) is 22.3 Å². The number of aromatic nitrogens is 1. The Morgan fingerprint density at radius 3 is 2.49 bits per heavy atom. The molecular weight excluding hydrogens is 541 g/mol. The lowest BCUT2D eigenvalue weighted by atomic mass is 9.40. The van der Waals surface area contributed by atoms with Gasteiger partial charge in [-0.2, -0.15) is 0 Å². The van der Waals surface area contributed by atoms with Crippen molar-refractivity contribution in [1.82, 2.24) is 9.88 Å². The first-order valence-corrected chi connectivity index (χ1v) is 14.3. The van der Waals surface area contributed by atoms with Crippen molar-refractivity contribution in [2.45, 2.75) is 25.3 Å². The van der Waals surface area contributed by atoms with Crippen LogP contribution in [-0.2, 0) is 4.79 Å². The van der Waals surface area contributed by atoms with Gasteiger partial charge in [-0.15, -0.1) is 0 Å². The summed E-state index contributed by atoms with van der Waals surface area (Å²) in [5.74, 6) is 1.36.